The zero-order chi connectivity index (χ0) is 18.5. The summed E-state index contributed by atoms with van der Waals surface area (Å²) in [7, 11) is 0. The lowest BCUT2D eigenvalue weighted by Crippen LogP contribution is -2.46. The van der Waals surface area contributed by atoms with Gasteiger partial charge in [0.1, 0.15) is 0 Å². The molecule has 1 aliphatic carbocycles. The minimum atomic E-state index is -0.174. The zero-order valence-electron chi connectivity index (χ0n) is 15.8. The van der Waals surface area contributed by atoms with Crippen molar-refractivity contribution in [1.82, 2.24) is 15.5 Å². The minimum Gasteiger partial charge on any atom is -0.352 e. The average Bonchev–Trinajstić information content (AvgIpc) is 3.46. The molecule has 0 radical (unpaired) electrons. The van der Waals surface area contributed by atoms with E-state index in [0.717, 1.165) is 32.0 Å². The molecule has 3 amide bonds. The highest BCUT2D eigenvalue weighted by Gasteiger charge is 2.32. The second kappa shape index (κ2) is 8.54. The van der Waals surface area contributed by atoms with Crippen molar-refractivity contribution >= 4 is 17.6 Å². The van der Waals surface area contributed by atoms with Crippen LogP contribution in [0.4, 0.5) is 10.5 Å². The number of nitrogens with zero attached hydrogens (tertiary/aromatic N) is 1. The summed E-state index contributed by atoms with van der Waals surface area (Å²) < 4.78 is 0. The summed E-state index contributed by atoms with van der Waals surface area (Å²) in [5, 5.41) is 8.80. The van der Waals surface area contributed by atoms with E-state index in [4.69, 9.17) is 0 Å². The molecule has 0 atom stereocenters. The van der Waals surface area contributed by atoms with E-state index in [-0.39, 0.29) is 18.0 Å². The van der Waals surface area contributed by atoms with Gasteiger partial charge in [-0.3, -0.25) is 4.79 Å². The van der Waals surface area contributed by atoms with Gasteiger partial charge in [0.2, 0.25) is 0 Å². The van der Waals surface area contributed by atoms with Gasteiger partial charge in [0.05, 0.1) is 0 Å². The van der Waals surface area contributed by atoms with Crippen molar-refractivity contribution < 1.29 is 9.59 Å². The molecule has 6 nitrogen and oxygen atoms in total. The van der Waals surface area contributed by atoms with Crippen LogP contribution in [0.3, 0.4) is 0 Å². The number of piperidine rings is 1. The number of carbonyl (C=O) groups is 2. The van der Waals surface area contributed by atoms with Crippen LogP contribution in [0.5, 0.6) is 0 Å². The van der Waals surface area contributed by atoms with E-state index in [0.29, 0.717) is 23.7 Å². The number of rotatable bonds is 6. The van der Waals surface area contributed by atoms with E-state index in [2.05, 4.69) is 34.7 Å². The molecule has 1 saturated carbocycles. The third kappa shape index (κ3) is 5.46. The standard InChI is InChI=1S/C20H30N4O2/c1-14(2)13-21-19(25)15-3-5-16(6-4-15)22-20(26)23-17-9-11-24(12-10-17)18-7-8-18/h3-6,14,17-18H,7-13H2,1-2H3,(H,21,25)(H2,22,23,26). The van der Waals surface area contributed by atoms with Gasteiger partial charge in [0.25, 0.3) is 5.91 Å². The van der Waals surface area contributed by atoms with E-state index in [1.807, 2.05) is 0 Å². The first kappa shape index (κ1) is 18.7. The molecular formula is C20H30N4O2. The first-order valence-electron chi connectivity index (χ1n) is 9.71. The van der Waals surface area contributed by atoms with E-state index in [9.17, 15) is 9.59 Å². The highest BCUT2D eigenvalue weighted by Crippen LogP contribution is 2.29. The third-order valence-electron chi connectivity index (χ3n) is 5.00. The lowest BCUT2D eigenvalue weighted by atomic mass is 10.1. The first-order chi connectivity index (χ1) is 12.5. The molecule has 0 spiro atoms. The number of nitrogens with one attached hydrogen (secondary N) is 3. The summed E-state index contributed by atoms with van der Waals surface area (Å²) in [6, 6.07) is 7.87. The molecule has 1 aliphatic heterocycles. The van der Waals surface area contributed by atoms with E-state index >= 15 is 0 Å². The number of likely N-dealkylation sites (tertiary alicyclic amines) is 1. The van der Waals surface area contributed by atoms with Crippen LogP contribution in [-0.4, -0.2) is 48.6 Å². The fourth-order valence-electron chi connectivity index (χ4n) is 3.31. The van der Waals surface area contributed by atoms with Crippen LogP contribution in [0.1, 0.15) is 49.9 Å². The Bertz CT molecular complexity index is 617. The molecular weight excluding hydrogens is 328 g/mol. The number of hydrogen-bond donors (Lipinski definition) is 3. The summed E-state index contributed by atoms with van der Waals surface area (Å²) in [5.41, 5.74) is 1.29. The van der Waals surface area contributed by atoms with Crippen LogP contribution in [0.2, 0.25) is 0 Å². The van der Waals surface area contributed by atoms with Crippen molar-refractivity contribution in [3.8, 4) is 0 Å². The van der Waals surface area contributed by atoms with Crippen LogP contribution in [0.25, 0.3) is 0 Å². The molecule has 1 heterocycles. The molecule has 3 rings (SSSR count). The van der Waals surface area contributed by atoms with E-state index < -0.39 is 0 Å². The van der Waals surface area contributed by atoms with Gasteiger partial charge in [0.15, 0.2) is 0 Å². The van der Waals surface area contributed by atoms with Crippen LogP contribution in [0, 0.1) is 5.92 Å². The molecule has 26 heavy (non-hydrogen) atoms. The Morgan fingerprint density at radius 2 is 1.73 bits per heavy atom. The lowest BCUT2D eigenvalue weighted by molar-refractivity contribution is 0.0949. The molecule has 0 unspecified atom stereocenters. The van der Waals surface area contributed by atoms with Gasteiger partial charge < -0.3 is 20.9 Å². The lowest BCUT2D eigenvalue weighted by Gasteiger charge is -2.32. The van der Waals surface area contributed by atoms with Gasteiger partial charge in [-0.1, -0.05) is 13.8 Å². The Morgan fingerprint density at radius 1 is 1.08 bits per heavy atom. The van der Waals surface area contributed by atoms with Crippen LogP contribution < -0.4 is 16.0 Å². The monoisotopic (exact) mass is 358 g/mol. The maximum Gasteiger partial charge on any atom is 0.319 e. The predicted octanol–water partition coefficient (Wildman–Crippen LogP) is 2.82. The Kier molecular flexibility index (Phi) is 6.14. The SMILES string of the molecule is CC(C)CNC(=O)c1ccc(NC(=O)NC2CCN(C3CC3)CC2)cc1. The molecule has 0 aromatic heterocycles. The topological polar surface area (TPSA) is 73.5 Å². The van der Waals surface area contributed by atoms with Crippen molar-refractivity contribution in [1.29, 1.82) is 0 Å². The molecule has 2 fully saturated rings. The van der Waals surface area contributed by atoms with Gasteiger partial charge >= 0.3 is 6.03 Å². The van der Waals surface area contributed by atoms with Crippen LogP contribution in [-0.2, 0) is 0 Å². The number of benzene rings is 1. The number of anilines is 1. The van der Waals surface area contributed by atoms with E-state index in [1.54, 1.807) is 24.3 Å². The van der Waals surface area contributed by atoms with Crippen molar-refractivity contribution in [2.75, 3.05) is 25.0 Å². The second-order valence-electron chi connectivity index (χ2n) is 7.82. The smallest absolute Gasteiger partial charge is 0.319 e. The third-order valence-corrected chi connectivity index (χ3v) is 5.00. The van der Waals surface area contributed by atoms with Crippen molar-refractivity contribution in [3.63, 3.8) is 0 Å². The Balaban J connectivity index is 1.42. The van der Waals surface area contributed by atoms with Crippen molar-refractivity contribution in [2.45, 2.75) is 51.6 Å². The normalized spacial score (nSPS) is 18.6. The van der Waals surface area contributed by atoms with Gasteiger partial charge in [0, 0.05) is 43.0 Å². The number of carbonyl (C=O) groups excluding carboxylic acids is 2. The Labute approximate surface area is 155 Å². The number of hydrogen-bond acceptors (Lipinski definition) is 3. The van der Waals surface area contributed by atoms with E-state index in [1.165, 1.54) is 12.8 Å². The van der Waals surface area contributed by atoms with Crippen molar-refractivity contribution in [3.05, 3.63) is 29.8 Å². The molecule has 0 bridgehead atoms. The molecule has 1 saturated heterocycles. The maximum atomic E-state index is 12.2. The largest absolute Gasteiger partial charge is 0.352 e. The van der Waals surface area contributed by atoms with Crippen LogP contribution >= 0.6 is 0 Å². The van der Waals surface area contributed by atoms with Gasteiger partial charge in [-0.25, -0.2) is 4.79 Å². The summed E-state index contributed by atoms with van der Waals surface area (Å²) in [4.78, 5) is 26.7. The maximum absolute atomic E-state index is 12.2. The van der Waals surface area contributed by atoms with Gasteiger partial charge in [-0.2, -0.15) is 0 Å². The molecule has 1 aromatic rings. The highest BCUT2D eigenvalue weighted by molar-refractivity contribution is 5.95. The fourth-order valence-corrected chi connectivity index (χ4v) is 3.31. The molecule has 3 N–H and O–H groups in total. The highest BCUT2D eigenvalue weighted by atomic mass is 16.2. The Hall–Kier alpha value is -2.08. The fraction of sp³-hybridized carbons (Fsp3) is 0.600. The summed E-state index contributed by atoms with van der Waals surface area (Å²) in [6.07, 6.45) is 4.70. The number of amides is 3. The zero-order valence-corrected chi connectivity index (χ0v) is 15.8. The van der Waals surface area contributed by atoms with Crippen molar-refractivity contribution in [2.24, 2.45) is 5.92 Å². The minimum absolute atomic E-state index is 0.0860. The predicted molar refractivity (Wildman–Crippen MR) is 103 cm³/mol. The van der Waals surface area contributed by atoms with Gasteiger partial charge in [-0.05, 0) is 55.9 Å². The second-order valence-corrected chi connectivity index (χ2v) is 7.82. The first-order valence-corrected chi connectivity index (χ1v) is 9.71. The molecule has 6 heteroatoms. The quantitative estimate of drug-likeness (QED) is 0.732. The molecule has 1 aromatic carbocycles. The molecule has 2 aliphatic rings. The summed E-state index contributed by atoms with van der Waals surface area (Å²) in [5.74, 6) is 0.330. The molecule has 142 valence electrons. The summed E-state index contributed by atoms with van der Waals surface area (Å²) in [6.45, 7) is 6.93. The van der Waals surface area contributed by atoms with Gasteiger partial charge in [-0.15, -0.1) is 0 Å². The average molecular weight is 358 g/mol. The Morgan fingerprint density at radius 3 is 2.31 bits per heavy atom. The summed E-state index contributed by atoms with van der Waals surface area (Å²) >= 11 is 0. The number of urea groups is 1. The van der Waals surface area contributed by atoms with Crippen LogP contribution in [0.15, 0.2) is 24.3 Å².